The number of nitrogens with two attached hydrogens (primary N) is 1. The number of hydrogen-bond acceptors (Lipinski definition) is 7. The Hall–Kier alpha value is -4.03. The molecule has 2 amide bonds. The number of halogens is 3. The van der Waals surface area contributed by atoms with Gasteiger partial charge in [0.05, 0.1) is 35.0 Å². The van der Waals surface area contributed by atoms with E-state index in [1.165, 1.54) is 10.9 Å². The number of primary amides is 1. The van der Waals surface area contributed by atoms with E-state index in [2.05, 4.69) is 26.0 Å². The minimum absolute atomic E-state index is 0.0202. The summed E-state index contributed by atoms with van der Waals surface area (Å²) in [5.74, 6) is -1.68. The standard InChI is InChI=1S/C27H34F3N7O3/c1-5-18(34-26(39)40-27(2,3)4)22(14-9-10-14)35-25-17(28)11-15(23(31)38)24(36-25)33-19-7-6-8-20-16(19)12-32-37(20)13-21(29)30/h6-8,11-12,14,18,21-22H,5,9-10,13H2,1-4H3,(H2,31,38)(H,34,39)(H2,33,35,36)/t18-,22+/m0/s1. The molecule has 1 aliphatic rings. The maximum absolute atomic E-state index is 15.2. The highest BCUT2D eigenvalue weighted by atomic mass is 19.3. The maximum Gasteiger partial charge on any atom is 0.407 e. The molecule has 0 saturated heterocycles. The van der Waals surface area contributed by atoms with E-state index in [1.54, 1.807) is 39.0 Å². The second-order valence-corrected chi connectivity index (χ2v) is 10.8. The topological polar surface area (TPSA) is 136 Å². The Kier molecular flexibility index (Phi) is 8.40. The van der Waals surface area contributed by atoms with Crippen LogP contribution in [0.5, 0.6) is 0 Å². The number of amides is 2. The molecule has 2 aromatic heterocycles. The molecular weight excluding hydrogens is 527 g/mol. The summed E-state index contributed by atoms with van der Waals surface area (Å²) >= 11 is 0. The van der Waals surface area contributed by atoms with Crippen LogP contribution in [0, 0.1) is 11.7 Å². The number of pyridine rings is 1. The molecule has 216 valence electrons. The molecule has 4 rings (SSSR count). The van der Waals surface area contributed by atoms with Gasteiger partial charge in [0, 0.05) is 5.39 Å². The van der Waals surface area contributed by atoms with Crippen molar-refractivity contribution in [2.75, 3.05) is 10.6 Å². The van der Waals surface area contributed by atoms with E-state index < -0.39 is 36.4 Å². The summed E-state index contributed by atoms with van der Waals surface area (Å²) in [7, 11) is 0. The Morgan fingerprint density at radius 2 is 1.95 bits per heavy atom. The first-order valence-electron chi connectivity index (χ1n) is 13.1. The molecule has 2 heterocycles. The molecule has 1 saturated carbocycles. The first-order valence-corrected chi connectivity index (χ1v) is 13.1. The van der Waals surface area contributed by atoms with Gasteiger partial charge in [0.2, 0.25) is 0 Å². The van der Waals surface area contributed by atoms with Gasteiger partial charge in [-0.05, 0) is 64.2 Å². The number of rotatable bonds is 11. The Morgan fingerprint density at radius 3 is 2.55 bits per heavy atom. The van der Waals surface area contributed by atoms with Crippen molar-refractivity contribution in [3.63, 3.8) is 0 Å². The lowest BCUT2D eigenvalue weighted by molar-refractivity contribution is 0.0495. The van der Waals surface area contributed by atoms with Gasteiger partial charge in [-0.3, -0.25) is 9.48 Å². The molecular formula is C27H34F3N7O3. The minimum Gasteiger partial charge on any atom is -0.444 e. The van der Waals surface area contributed by atoms with Crippen molar-refractivity contribution < 1.29 is 27.5 Å². The van der Waals surface area contributed by atoms with Crippen molar-refractivity contribution in [1.82, 2.24) is 20.1 Å². The number of benzene rings is 1. The van der Waals surface area contributed by atoms with Crippen molar-refractivity contribution in [3.05, 3.63) is 41.8 Å². The molecule has 40 heavy (non-hydrogen) atoms. The fourth-order valence-electron chi connectivity index (χ4n) is 4.55. The number of fused-ring (bicyclic) bond motifs is 1. The molecule has 13 heteroatoms. The first-order chi connectivity index (χ1) is 18.9. The van der Waals surface area contributed by atoms with Gasteiger partial charge in [0.15, 0.2) is 11.6 Å². The number of ether oxygens (including phenoxy) is 1. The van der Waals surface area contributed by atoms with Crippen molar-refractivity contribution in [3.8, 4) is 0 Å². The van der Waals surface area contributed by atoms with Crippen molar-refractivity contribution in [1.29, 1.82) is 0 Å². The number of nitrogens with zero attached hydrogens (tertiary/aromatic N) is 3. The number of aromatic nitrogens is 3. The Balaban J connectivity index is 1.64. The minimum atomic E-state index is -2.59. The van der Waals surface area contributed by atoms with Crippen LogP contribution in [0.15, 0.2) is 30.5 Å². The average Bonchev–Trinajstić information content (AvgIpc) is 3.62. The highest BCUT2D eigenvalue weighted by molar-refractivity contribution is 6.00. The Labute approximate surface area is 229 Å². The molecule has 1 aromatic carbocycles. The van der Waals surface area contributed by atoms with E-state index in [9.17, 15) is 18.4 Å². The van der Waals surface area contributed by atoms with E-state index >= 15 is 4.39 Å². The molecule has 0 radical (unpaired) electrons. The molecule has 5 N–H and O–H groups in total. The highest BCUT2D eigenvalue weighted by Gasteiger charge is 2.38. The molecule has 0 unspecified atom stereocenters. The van der Waals surface area contributed by atoms with Crippen LogP contribution in [0.4, 0.5) is 35.3 Å². The number of alkyl halides is 2. The highest BCUT2D eigenvalue weighted by Crippen LogP contribution is 2.37. The fourth-order valence-corrected chi connectivity index (χ4v) is 4.55. The summed E-state index contributed by atoms with van der Waals surface area (Å²) in [5, 5.41) is 13.6. The summed E-state index contributed by atoms with van der Waals surface area (Å²) in [4.78, 5) is 29.0. The lowest BCUT2D eigenvalue weighted by atomic mass is 10.0. The largest absolute Gasteiger partial charge is 0.444 e. The second kappa shape index (κ2) is 11.6. The molecule has 3 aromatic rings. The van der Waals surface area contributed by atoms with Crippen LogP contribution in [-0.4, -0.2) is 50.9 Å². The average molecular weight is 562 g/mol. The van der Waals surface area contributed by atoms with E-state index in [1.807, 2.05) is 6.92 Å². The third-order valence-electron chi connectivity index (χ3n) is 6.50. The maximum atomic E-state index is 15.2. The van der Waals surface area contributed by atoms with Gasteiger partial charge < -0.3 is 26.4 Å². The van der Waals surface area contributed by atoms with Gasteiger partial charge in [-0.1, -0.05) is 13.0 Å². The lowest BCUT2D eigenvalue weighted by Gasteiger charge is -2.30. The summed E-state index contributed by atoms with van der Waals surface area (Å²) in [5.41, 5.74) is 5.52. The number of anilines is 3. The van der Waals surface area contributed by atoms with E-state index in [0.717, 1.165) is 18.9 Å². The van der Waals surface area contributed by atoms with Crippen LogP contribution in [0.1, 0.15) is 57.3 Å². The van der Waals surface area contributed by atoms with Crippen molar-refractivity contribution in [2.45, 2.75) is 77.6 Å². The lowest BCUT2D eigenvalue weighted by Crippen LogP contribution is -2.49. The van der Waals surface area contributed by atoms with Crippen LogP contribution in [0.2, 0.25) is 0 Å². The van der Waals surface area contributed by atoms with Crippen LogP contribution < -0.4 is 21.7 Å². The zero-order chi connectivity index (χ0) is 29.2. The molecule has 0 spiro atoms. The fraction of sp³-hybridized carbons (Fsp3) is 0.481. The number of carbonyl (C=O) groups excluding carboxylic acids is 2. The summed E-state index contributed by atoms with van der Waals surface area (Å²) in [6.07, 6.45) is 0.576. The third-order valence-corrected chi connectivity index (χ3v) is 6.50. The van der Waals surface area contributed by atoms with Crippen LogP contribution in [-0.2, 0) is 11.3 Å². The van der Waals surface area contributed by atoms with Crippen LogP contribution >= 0.6 is 0 Å². The quantitative estimate of drug-likeness (QED) is 0.254. The zero-order valence-corrected chi connectivity index (χ0v) is 22.8. The molecule has 2 atom stereocenters. The monoisotopic (exact) mass is 561 g/mol. The summed E-state index contributed by atoms with van der Waals surface area (Å²) in [6.45, 7) is 6.62. The SMILES string of the molecule is CC[C@H](NC(=O)OC(C)(C)C)[C@H](Nc1nc(Nc2cccc3c2cnn3CC(F)F)c(C(N)=O)cc1F)C1CC1. The zero-order valence-electron chi connectivity index (χ0n) is 22.8. The van der Waals surface area contributed by atoms with Crippen molar-refractivity contribution >= 4 is 40.2 Å². The van der Waals surface area contributed by atoms with Crippen molar-refractivity contribution in [2.24, 2.45) is 11.7 Å². The van der Waals surface area contributed by atoms with Crippen LogP contribution in [0.25, 0.3) is 10.9 Å². The smallest absolute Gasteiger partial charge is 0.407 e. The molecule has 0 bridgehead atoms. The Morgan fingerprint density at radius 1 is 1.23 bits per heavy atom. The molecule has 1 fully saturated rings. The molecule has 10 nitrogen and oxygen atoms in total. The van der Waals surface area contributed by atoms with Gasteiger partial charge in [0.25, 0.3) is 12.3 Å². The van der Waals surface area contributed by atoms with Crippen LogP contribution in [0.3, 0.4) is 0 Å². The van der Waals surface area contributed by atoms with E-state index in [4.69, 9.17) is 10.5 Å². The van der Waals surface area contributed by atoms with Gasteiger partial charge in [-0.25, -0.2) is 22.9 Å². The normalized spacial score (nSPS) is 15.1. The number of nitrogens with one attached hydrogen (secondary N) is 3. The summed E-state index contributed by atoms with van der Waals surface area (Å²) < 4.78 is 47.8. The van der Waals surface area contributed by atoms with Gasteiger partial charge >= 0.3 is 6.09 Å². The third kappa shape index (κ3) is 6.93. The number of alkyl carbamates (subject to hydrolysis) is 1. The second-order valence-electron chi connectivity index (χ2n) is 10.8. The summed E-state index contributed by atoms with van der Waals surface area (Å²) in [6, 6.07) is 5.18. The number of hydrogen-bond donors (Lipinski definition) is 4. The van der Waals surface area contributed by atoms with Gasteiger partial charge in [-0.15, -0.1) is 0 Å². The number of carbonyl (C=O) groups is 2. The molecule has 0 aliphatic heterocycles. The van der Waals surface area contributed by atoms with E-state index in [0.29, 0.717) is 23.0 Å². The molecule has 1 aliphatic carbocycles. The van der Waals surface area contributed by atoms with Gasteiger partial charge in [0.1, 0.15) is 18.0 Å². The predicted molar refractivity (Wildman–Crippen MR) is 145 cm³/mol. The predicted octanol–water partition coefficient (Wildman–Crippen LogP) is 5.17. The van der Waals surface area contributed by atoms with E-state index in [-0.39, 0.29) is 35.2 Å². The van der Waals surface area contributed by atoms with Gasteiger partial charge in [-0.2, -0.15) is 5.10 Å². The Bertz CT molecular complexity index is 1390. The first kappa shape index (κ1) is 29.0.